The van der Waals surface area contributed by atoms with Gasteiger partial charge in [0, 0.05) is 17.0 Å². The topological polar surface area (TPSA) is 66.4 Å². The predicted octanol–water partition coefficient (Wildman–Crippen LogP) is 3.17. The van der Waals surface area contributed by atoms with E-state index in [0.717, 1.165) is 0 Å². The van der Waals surface area contributed by atoms with Gasteiger partial charge in [-0.1, -0.05) is 36.4 Å². The second-order valence-electron chi connectivity index (χ2n) is 5.42. The first-order chi connectivity index (χ1) is 11.5. The van der Waals surface area contributed by atoms with Gasteiger partial charge in [0.05, 0.1) is 5.75 Å². The van der Waals surface area contributed by atoms with Gasteiger partial charge in [0.25, 0.3) is 0 Å². The Morgan fingerprint density at radius 3 is 2.46 bits per heavy atom. The standard InChI is InChI=1S/C17H17NO3S3/c19-17(15-8-10-22-11-15,16-7-4-9-23-16)13-18-24(20,21)12-14-5-2-1-3-6-14/h1-11,18-19H,12-13H2. The first-order valence-corrected chi connectivity index (χ1v) is 10.8. The van der Waals surface area contributed by atoms with Crippen LogP contribution in [0.25, 0.3) is 0 Å². The van der Waals surface area contributed by atoms with Crippen molar-refractivity contribution in [2.45, 2.75) is 11.4 Å². The largest absolute Gasteiger partial charge is 0.378 e. The van der Waals surface area contributed by atoms with Crippen molar-refractivity contribution in [3.63, 3.8) is 0 Å². The van der Waals surface area contributed by atoms with Crippen molar-refractivity contribution in [3.8, 4) is 0 Å². The van der Waals surface area contributed by atoms with Crippen LogP contribution in [0.1, 0.15) is 16.0 Å². The Labute approximate surface area is 149 Å². The maximum Gasteiger partial charge on any atom is 0.215 e. The average molecular weight is 380 g/mol. The molecule has 126 valence electrons. The Balaban J connectivity index is 1.79. The number of benzene rings is 1. The molecule has 24 heavy (non-hydrogen) atoms. The summed E-state index contributed by atoms with van der Waals surface area (Å²) >= 11 is 2.87. The molecule has 1 aromatic carbocycles. The highest BCUT2D eigenvalue weighted by Crippen LogP contribution is 2.33. The van der Waals surface area contributed by atoms with Crippen molar-refractivity contribution in [3.05, 3.63) is 80.7 Å². The van der Waals surface area contributed by atoms with Gasteiger partial charge < -0.3 is 5.11 Å². The summed E-state index contributed by atoms with van der Waals surface area (Å²) in [6.45, 7) is -0.0978. The molecule has 0 saturated heterocycles. The van der Waals surface area contributed by atoms with Crippen LogP contribution in [0.2, 0.25) is 0 Å². The fourth-order valence-corrected chi connectivity index (χ4v) is 5.14. The molecule has 0 amide bonds. The molecule has 4 nitrogen and oxygen atoms in total. The number of nitrogens with one attached hydrogen (secondary N) is 1. The van der Waals surface area contributed by atoms with Crippen molar-refractivity contribution < 1.29 is 13.5 Å². The molecule has 3 aromatic rings. The Bertz CT molecular complexity index is 823. The lowest BCUT2D eigenvalue weighted by Gasteiger charge is -2.26. The van der Waals surface area contributed by atoms with Crippen LogP contribution in [0.4, 0.5) is 0 Å². The van der Waals surface area contributed by atoms with E-state index in [4.69, 9.17) is 0 Å². The summed E-state index contributed by atoms with van der Waals surface area (Å²) in [5, 5.41) is 16.7. The van der Waals surface area contributed by atoms with E-state index in [9.17, 15) is 13.5 Å². The summed E-state index contributed by atoms with van der Waals surface area (Å²) in [4.78, 5) is 0.711. The fourth-order valence-electron chi connectivity index (χ4n) is 2.40. The van der Waals surface area contributed by atoms with Crippen LogP contribution in [0.5, 0.6) is 0 Å². The number of hydrogen-bond donors (Lipinski definition) is 2. The molecule has 0 spiro atoms. The third-order valence-electron chi connectivity index (χ3n) is 3.67. The third kappa shape index (κ3) is 3.93. The highest BCUT2D eigenvalue weighted by atomic mass is 32.2. The lowest BCUT2D eigenvalue weighted by atomic mass is 9.95. The van der Waals surface area contributed by atoms with Crippen molar-refractivity contribution in [2.75, 3.05) is 6.54 Å². The summed E-state index contributed by atoms with van der Waals surface area (Å²) in [7, 11) is -3.55. The molecule has 0 bridgehead atoms. The second-order valence-corrected chi connectivity index (χ2v) is 8.95. The molecular weight excluding hydrogens is 362 g/mol. The zero-order chi connectivity index (χ0) is 17.0. The molecule has 3 rings (SSSR count). The maximum absolute atomic E-state index is 12.4. The molecule has 1 unspecified atom stereocenters. The summed E-state index contributed by atoms with van der Waals surface area (Å²) in [5.74, 6) is -0.113. The normalized spacial score (nSPS) is 14.4. The summed E-state index contributed by atoms with van der Waals surface area (Å²) < 4.78 is 27.3. The van der Waals surface area contributed by atoms with E-state index >= 15 is 0 Å². The minimum Gasteiger partial charge on any atom is -0.378 e. The van der Waals surface area contributed by atoms with Gasteiger partial charge in [0.15, 0.2) is 0 Å². The van der Waals surface area contributed by atoms with Crippen molar-refractivity contribution in [1.82, 2.24) is 4.72 Å². The van der Waals surface area contributed by atoms with E-state index < -0.39 is 15.6 Å². The molecule has 2 aromatic heterocycles. The Morgan fingerprint density at radius 1 is 1.04 bits per heavy atom. The van der Waals surface area contributed by atoms with Crippen LogP contribution < -0.4 is 4.72 Å². The molecule has 0 radical (unpaired) electrons. The van der Waals surface area contributed by atoms with Gasteiger partial charge in [0.1, 0.15) is 5.60 Å². The SMILES string of the molecule is O=S(=O)(Cc1ccccc1)NCC(O)(c1ccsc1)c1cccs1. The zero-order valence-electron chi connectivity index (χ0n) is 12.8. The number of aliphatic hydroxyl groups is 1. The van der Waals surface area contributed by atoms with Crippen molar-refractivity contribution in [1.29, 1.82) is 0 Å². The lowest BCUT2D eigenvalue weighted by Crippen LogP contribution is -2.41. The van der Waals surface area contributed by atoms with E-state index in [1.165, 1.54) is 22.7 Å². The molecule has 0 aliphatic rings. The molecule has 7 heteroatoms. The van der Waals surface area contributed by atoms with Crippen LogP contribution >= 0.6 is 22.7 Å². The summed E-state index contributed by atoms with van der Waals surface area (Å²) in [5.41, 5.74) is 0.0373. The highest BCUT2D eigenvalue weighted by Gasteiger charge is 2.34. The highest BCUT2D eigenvalue weighted by molar-refractivity contribution is 7.88. The molecule has 0 fully saturated rings. The van der Waals surface area contributed by atoms with Crippen LogP contribution in [0, 0.1) is 0 Å². The molecular formula is C17H17NO3S3. The first kappa shape index (κ1) is 17.3. The third-order valence-corrected chi connectivity index (χ3v) is 6.68. The monoisotopic (exact) mass is 379 g/mol. The molecule has 0 aliphatic heterocycles. The molecule has 1 atom stereocenters. The van der Waals surface area contributed by atoms with E-state index in [-0.39, 0.29) is 12.3 Å². The molecule has 0 saturated carbocycles. The van der Waals surface area contributed by atoms with E-state index in [2.05, 4.69) is 4.72 Å². The number of sulfonamides is 1. The van der Waals surface area contributed by atoms with E-state index in [0.29, 0.717) is 16.0 Å². The fraction of sp³-hybridized carbons (Fsp3) is 0.176. The first-order valence-electron chi connectivity index (χ1n) is 7.30. The molecule has 0 aliphatic carbocycles. The summed E-state index contributed by atoms with van der Waals surface area (Å²) in [6.07, 6.45) is 0. The quantitative estimate of drug-likeness (QED) is 0.663. The van der Waals surface area contributed by atoms with Gasteiger partial charge in [0.2, 0.25) is 10.0 Å². The van der Waals surface area contributed by atoms with Crippen molar-refractivity contribution in [2.24, 2.45) is 0 Å². The van der Waals surface area contributed by atoms with Crippen molar-refractivity contribution >= 4 is 32.7 Å². The Morgan fingerprint density at radius 2 is 1.83 bits per heavy atom. The van der Waals surface area contributed by atoms with Crippen LogP contribution in [0.3, 0.4) is 0 Å². The van der Waals surface area contributed by atoms with Gasteiger partial charge >= 0.3 is 0 Å². The van der Waals surface area contributed by atoms with E-state index in [1.54, 1.807) is 24.3 Å². The number of thiophene rings is 2. The number of rotatable bonds is 7. The number of hydrogen-bond acceptors (Lipinski definition) is 5. The second kappa shape index (κ2) is 7.16. The Hall–Kier alpha value is -1.51. The van der Waals surface area contributed by atoms with Gasteiger partial charge in [-0.2, -0.15) is 11.3 Å². The minimum absolute atomic E-state index is 0.0978. The average Bonchev–Trinajstić information content (AvgIpc) is 3.27. The van der Waals surface area contributed by atoms with E-state index in [1.807, 2.05) is 40.4 Å². The van der Waals surface area contributed by atoms with Crippen LogP contribution in [0.15, 0.2) is 64.7 Å². The maximum atomic E-state index is 12.4. The zero-order valence-corrected chi connectivity index (χ0v) is 15.2. The molecule has 2 N–H and O–H groups in total. The smallest absolute Gasteiger partial charge is 0.215 e. The van der Waals surface area contributed by atoms with Gasteiger partial charge in [-0.05, 0) is 33.8 Å². The van der Waals surface area contributed by atoms with Gasteiger partial charge in [-0.15, -0.1) is 11.3 Å². The van der Waals surface area contributed by atoms with Crippen LogP contribution in [-0.4, -0.2) is 20.1 Å². The Kier molecular flexibility index (Phi) is 5.17. The predicted molar refractivity (Wildman–Crippen MR) is 98.7 cm³/mol. The lowest BCUT2D eigenvalue weighted by molar-refractivity contribution is 0.0903. The van der Waals surface area contributed by atoms with Gasteiger partial charge in [-0.25, -0.2) is 13.1 Å². The van der Waals surface area contributed by atoms with Gasteiger partial charge in [-0.3, -0.25) is 0 Å². The summed E-state index contributed by atoms with van der Waals surface area (Å²) in [6, 6.07) is 14.5. The minimum atomic E-state index is -3.55. The van der Waals surface area contributed by atoms with Crippen LogP contribution in [-0.2, 0) is 21.4 Å². The molecule has 2 heterocycles.